The highest BCUT2D eigenvalue weighted by molar-refractivity contribution is 5.86. The van der Waals surface area contributed by atoms with E-state index in [-0.39, 0.29) is 6.61 Å². The van der Waals surface area contributed by atoms with Crippen molar-refractivity contribution in [1.82, 2.24) is 0 Å². The van der Waals surface area contributed by atoms with E-state index in [1.165, 1.54) is 0 Å². The Labute approximate surface area is 101 Å². The summed E-state index contributed by atoms with van der Waals surface area (Å²) in [6.07, 6.45) is 0.671. The van der Waals surface area contributed by atoms with E-state index in [0.29, 0.717) is 6.42 Å². The van der Waals surface area contributed by atoms with Crippen LogP contribution >= 0.6 is 0 Å². The molecule has 17 heavy (non-hydrogen) atoms. The van der Waals surface area contributed by atoms with Gasteiger partial charge in [0.1, 0.15) is 0 Å². The van der Waals surface area contributed by atoms with Crippen LogP contribution in [-0.4, -0.2) is 25.9 Å². The van der Waals surface area contributed by atoms with Gasteiger partial charge in [0, 0.05) is 6.61 Å². The van der Waals surface area contributed by atoms with Crippen LogP contribution in [0.3, 0.4) is 0 Å². The number of aliphatic hydroxyl groups excluding tert-OH is 1. The zero-order chi connectivity index (χ0) is 12.3. The van der Waals surface area contributed by atoms with Crippen LogP contribution in [0.1, 0.15) is 5.56 Å². The summed E-state index contributed by atoms with van der Waals surface area (Å²) in [4.78, 5) is 0. The average molecular weight is 232 g/mol. The predicted molar refractivity (Wildman–Crippen MR) is 67.8 cm³/mol. The molecule has 0 atom stereocenters. The lowest BCUT2D eigenvalue weighted by molar-refractivity contribution is 0.299. The van der Waals surface area contributed by atoms with Gasteiger partial charge in [0.25, 0.3) is 0 Å². The minimum atomic E-state index is 0.165. The van der Waals surface area contributed by atoms with Crippen molar-refractivity contribution < 1.29 is 14.6 Å². The molecule has 0 saturated heterocycles. The lowest BCUT2D eigenvalue weighted by Crippen LogP contribution is -1.92. The van der Waals surface area contributed by atoms with Crippen LogP contribution in [0.4, 0.5) is 0 Å². The number of rotatable bonds is 4. The van der Waals surface area contributed by atoms with E-state index in [1.54, 1.807) is 14.2 Å². The minimum absolute atomic E-state index is 0.165. The number of hydrogen-bond donors (Lipinski definition) is 1. The third-order valence-corrected chi connectivity index (χ3v) is 2.81. The fourth-order valence-electron chi connectivity index (χ4n) is 1.91. The SMILES string of the molecule is COc1cc2ccc(CCO)cc2cc1OC. The first-order chi connectivity index (χ1) is 8.28. The normalized spacial score (nSPS) is 10.5. The molecule has 0 heterocycles. The number of hydrogen-bond acceptors (Lipinski definition) is 3. The number of fused-ring (bicyclic) bond motifs is 1. The van der Waals surface area contributed by atoms with E-state index in [4.69, 9.17) is 14.6 Å². The maximum atomic E-state index is 8.93. The minimum Gasteiger partial charge on any atom is -0.493 e. The summed E-state index contributed by atoms with van der Waals surface area (Å²) in [6, 6.07) is 10.0. The second-order valence-electron chi connectivity index (χ2n) is 3.86. The lowest BCUT2D eigenvalue weighted by atomic mass is 10.0. The molecule has 2 aromatic carbocycles. The van der Waals surface area contributed by atoms with Gasteiger partial charge in [-0.05, 0) is 34.9 Å². The van der Waals surface area contributed by atoms with Crippen molar-refractivity contribution in [3.63, 3.8) is 0 Å². The smallest absolute Gasteiger partial charge is 0.161 e. The number of methoxy groups -OCH3 is 2. The molecule has 0 aliphatic carbocycles. The zero-order valence-corrected chi connectivity index (χ0v) is 10.1. The van der Waals surface area contributed by atoms with Crippen LogP contribution < -0.4 is 9.47 Å². The number of aliphatic hydroxyl groups is 1. The standard InChI is InChI=1S/C14H16O3/c1-16-13-8-11-4-3-10(5-6-15)7-12(11)9-14(13)17-2/h3-4,7-9,15H,5-6H2,1-2H3. The molecule has 2 aromatic rings. The van der Waals surface area contributed by atoms with Crippen molar-refractivity contribution >= 4 is 10.8 Å². The quantitative estimate of drug-likeness (QED) is 0.879. The number of benzene rings is 2. The third-order valence-electron chi connectivity index (χ3n) is 2.81. The third kappa shape index (κ3) is 2.34. The molecular formula is C14H16O3. The van der Waals surface area contributed by atoms with Crippen LogP contribution in [0.2, 0.25) is 0 Å². The molecule has 3 heteroatoms. The van der Waals surface area contributed by atoms with Crippen LogP contribution in [0, 0.1) is 0 Å². The van der Waals surface area contributed by atoms with Crippen molar-refractivity contribution in [3.8, 4) is 11.5 Å². The molecule has 1 N–H and O–H groups in total. The first kappa shape index (κ1) is 11.7. The molecule has 0 saturated carbocycles. The van der Waals surface area contributed by atoms with E-state index in [2.05, 4.69) is 6.07 Å². The van der Waals surface area contributed by atoms with Gasteiger partial charge < -0.3 is 14.6 Å². The Kier molecular flexibility index (Phi) is 3.49. The Hall–Kier alpha value is -1.74. The second kappa shape index (κ2) is 5.06. The molecule has 0 radical (unpaired) electrons. The zero-order valence-electron chi connectivity index (χ0n) is 10.1. The van der Waals surface area contributed by atoms with E-state index < -0.39 is 0 Å². The Bertz CT molecular complexity index is 520. The van der Waals surface area contributed by atoms with E-state index >= 15 is 0 Å². The van der Waals surface area contributed by atoms with Crippen LogP contribution in [0.5, 0.6) is 11.5 Å². The Morgan fingerprint density at radius 1 is 0.941 bits per heavy atom. The van der Waals surface area contributed by atoms with Crippen molar-refractivity contribution in [2.24, 2.45) is 0 Å². The molecule has 0 spiro atoms. The molecule has 0 aliphatic rings. The monoisotopic (exact) mass is 232 g/mol. The summed E-state index contributed by atoms with van der Waals surface area (Å²) in [5, 5.41) is 11.1. The molecule has 0 fully saturated rings. The fraction of sp³-hybridized carbons (Fsp3) is 0.286. The topological polar surface area (TPSA) is 38.7 Å². The maximum Gasteiger partial charge on any atom is 0.161 e. The summed E-state index contributed by atoms with van der Waals surface area (Å²) < 4.78 is 10.5. The summed E-state index contributed by atoms with van der Waals surface area (Å²) in [5.41, 5.74) is 1.12. The van der Waals surface area contributed by atoms with Gasteiger partial charge in [-0.3, -0.25) is 0 Å². The highest BCUT2D eigenvalue weighted by Gasteiger charge is 2.06. The van der Waals surface area contributed by atoms with Gasteiger partial charge in [-0.2, -0.15) is 0 Å². The highest BCUT2D eigenvalue weighted by atomic mass is 16.5. The molecule has 3 nitrogen and oxygen atoms in total. The predicted octanol–water partition coefficient (Wildman–Crippen LogP) is 2.39. The largest absolute Gasteiger partial charge is 0.493 e. The highest BCUT2D eigenvalue weighted by Crippen LogP contribution is 2.32. The molecule has 90 valence electrons. The van der Waals surface area contributed by atoms with Gasteiger partial charge in [0.2, 0.25) is 0 Å². The van der Waals surface area contributed by atoms with Gasteiger partial charge in [0.15, 0.2) is 11.5 Å². The average Bonchev–Trinajstić information content (AvgIpc) is 2.37. The first-order valence-electron chi connectivity index (χ1n) is 5.54. The van der Waals surface area contributed by atoms with E-state index in [1.807, 2.05) is 24.3 Å². The van der Waals surface area contributed by atoms with Crippen molar-refractivity contribution in [2.45, 2.75) is 6.42 Å². The first-order valence-corrected chi connectivity index (χ1v) is 5.54. The van der Waals surface area contributed by atoms with Crippen LogP contribution in [-0.2, 0) is 6.42 Å². The van der Waals surface area contributed by atoms with E-state index in [9.17, 15) is 0 Å². The Morgan fingerprint density at radius 2 is 1.59 bits per heavy atom. The van der Waals surface area contributed by atoms with Gasteiger partial charge in [-0.1, -0.05) is 18.2 Å². The summed E-state index contributed by atoms with van der Waals surface area (Å²) in [7, 11) is 3.26. The van der Waals surface area contributed by atoms with Crippen molar-refractivity contribution in [3.05, 3.63) is 35.9 Å². The molecule has 2 rings (SSSR count). The van der Waals surface area contributed by atoms with Gasteiger partial charge in [-0.15, -0.1) is 0 Å². The second-order valence-corrected chi connectivity index (χ2v) is 3.86. The molecule has 0 bridgehead atoms. The Morgan fingerprint density at radius 3 is 2.18 bits per heavy atom. The Balaban J connectivity index is 2.54. The molecule has 0 aliphatic heterocycles. The van der Waals surface area contributed by atoms with Crippen molar-refractivity contribution in [1.29, 1.82) is 0 Å². The molecular weight excluding hydrogens is 216 g/mol. The number of ether oxygens (including phenoxy) is 2. The summed E-state index contributed by atoms with van der Waals surface area (Å²) >= 11 is 0. The van der Waals surface area contributed by atoms with E-state index in [0.717, 1.165) is 27.8 Å². The summed E-state index contributed by atoms with van der Waals surface area (Å²) in [6.45, 7) is 0.165. The van der Waals surface area contributed by atoms with Gasteiger partial charge in [0.05, 0.1) is 14.2 Å². The van der Waals surface area contributed by atoms with Crippen LogP contribution in [0.15, 0.2) is 30.3 Å². The van der Waals surface area contributed by atoms with Gasteiger partial charge in [-0.25, -0.2) is 0 Å². The van der Waals surface area contributed by atoms with Crippen LogP contribution in [0.25, 0.3) is 10.8 Å². The summed E-state index contributed by atoms with van der Waals surface area (Å²) in [5.74, 6) is 1.45. The van der Waals surface area contributed by atoms with Crippen molar-refractivity contribution in [2.75, 3.05) is 20.8 Å². The molecule has 0 aromatic heterocycles. The van der Waals surface area contributed by atoms with Gasteiger partial charge >= 0.3 is 0 Å². The molecule has 0 unspecified atom stereocenters. The lowest BCUT2D eigenvalue weighted by Gasteiger charge is -2.10. The maximum absolute atomic E-state index is 8.93. The fourth-order valence-corrected chi connectivity index (χ4v) is 1.91. The molecule has 0 amide bonds.